The molecule has 1 saturated heterocycles. The van der Waals surface area contributed by atoms with Crippen LogP contribution in [0, 0.1) is 0 Å². The van der Waals surface area contributed by atoms with Gasteiger partial charge < -0.3 is 9.64 Å². The van der Waals surface area contributed by atoms with Crippen molar-refractivity contribution < 1.29 is 14.3 Å². The molecule has 0 bridgehead atoms. The molecule has 0 aromatic heterocycles. The Bertz CT molecular complexity index is 558. The van der Waals surface area contributed by atoms with Gasteiger partial charge in [-0.1, -0.05) is 75.8 Å². The SMILES string of the molecule is CCCCCCCCCOC(=O)C1CCCN1C(=O)CCc1ccccc1. The third kappa shape index (κ3) is 7.74. The van der Waals surface area contributed by atoms with Crippen molar-refractivity contribution in [2.24, 2.45) is 0 Å². The number of benzene rings is 1. The fourth-order valence-corrected chi connectivity index (χ4v) is 3.68. The van der Waals surface area contributed by atoms with Gasteiger partial charge in [0, 0.05) is 13.0 Å². The summed E-state index contributed by atoms with van der Waals surface area (Å²) in [6.45, 7) is 3.37. The minimum atomic E-state index is -0.377. The zero-order valence-corrected chi connectivity index (χ0v) is 16.8. The molecular weight excluding hydrogens is 338 g/mol. The summed E-state index contributed by atoms with van der Waals surface area (Å²) in [7, 11) is 0. The van der Waals surface area contributed by atoms with E-state index in [-0.39, 0.29) is 17.9 Å². The quantitative estimate of drug-likeness (QED) is 0.386. The second kappa shape index (κ2) is 12.5. The lowest BCUT2D eigenvalue weighted by atomic mass is 10.1. The second-order valence-corrected chi connectivity index (χ2v) is 7.52. The molecule has 27 heavy (non-hydrogen) atoms. The lowest BCUT2D eigenvalue weighted by Crippen LogP contribution is -2.41. The van der Waals surface area contributed by atoms with Gasteiger partial charge in [0.05, 0.1) is 6.61 Å². The number of carbonyl (C=O) groups is 2. The number of esters is 1. The van der Waals surface area contributed by atoms with Crippen LogP contribution in [0.25, 0.3) is 0 Å². The van der Waals surface area contributed by atoms with Gasteiger partial charge >= 0.3 is 5.97 Å². The molecule has 4 heteroatoms. The van der Waals surface area contributed by atoms with Gasteiger partial charge in [-0.2, -0.15) is 0 Å². The Morgan fingerprint density at radius 3 is 2.48 bits per heavy atom. The smallest absolute Gasteiger partial charge is 0.328 e. The van der Waals surface area contributed by atoms with Crippen LogP contribution in [0.4, 0.5) is 0 Å². The van der Waals surface area contributed by atoms with Gasteiger partial charge in [0.2, 0.25) is 5.91 Å². The molecule has 1 aromatic rings. The van der Waals surface area contributed by atoms with E-state index in [9.17, 15) is 9.59 Å². The normalized spacial score (nSPS) is 16.5. The highest BCUT2D eigenvalue weighted by atomic mass is 16.5. The van der Waals surface area contributed by atoms with Gasteiger partial charge in [0.1, 0.15) is 6.04 Å². The van der Waals surface area contributed by atoms with Gasteiger partial charge in [-0.05, 0) is 31.2 Å². The Morgan fingerprint density at radius 1 is 1.04 bits per heavy atom. The Hall–Kier alpha value is -1.84. The zero-order valence-electron chi connectivity index (χ0n) is 16.8. The summed E-state index contributed by atoms with van der Waals surface area (Å²) < 4.78 is 5.46. The summed E-state index contributed by atoms with van der Waals surface area (Å²) in [5.74, 6) is -0.152. The Labute approximate surface area is 164 Å². The number of hydrogen-bond acceptors (Lipinski definition) is 3. The van der Waals surface area contributed by atoms with E-state index in [0.717, 1.165) is 37.7 Å². The maximum Gasteiger partial charge on any atom is 0.328 e. The van der Waals surface area contributed by atoms with E-state index in [4.69, 9.17) is 4.74 Å². The molecule has 0 radical (unpaired) electrons. The summed E-state index contributed by atoms with van der Waals surface area (Å²) in [6, 6.07) is 9.64. The molecule has 4 nitrogen and oxygen atoms in total. The topological polar surface area (TPSA) is 46.6 Å². The molecule has 1 aromatic carbocycles. The van der Waals surface area contributed by atoms with Crippen LogP contribution in [-0.2, 0) is 20.7 Å². The van der Waals surface area contributed by atoms with Crippen LogP contribution in [0.2, 0.25) is 0 Å². The summed E-state index contributed by atoms with van der Waals surface area (Å²) in [5, 5.41) is 0. The summed E-state index contributed by atoms with van der Waals surface area (Å²) in [4.78, 5) is 26.7. The number of carbonyl (C=O) groups excluding carboxylic acids is 2. The van der Waals surface area contributed by atoms with Crippen LogP contribution in [0.15, 0.2) is 30.3 Å². The van der Waals surface area contributed by atoms with Gasteiger partial charge in [-0.15, -0.1) is 0 Å². The maximum absolute atomic E-state index is 12.6. The van der Waals surface area contributed by atoms with E-state index in [2.05, 4.69) is 6.92 Å². The largest absolute Gasteiger partial charge is 0.464 e. The average Bonchev–Trinajstić information content (AvgIpc) is 3.19. The first kappa shape index (κ1) is 21.5. The summed E-state index contributed by atoms with van der Waals surface area (Å²) in [6.07, 6.45) is 11.2. The van der Waals surface area contributed by atoms with Gasteiger partial charge in [0.25, 0.3) is 0 Å². The van der Waals surface area contributed by atoms with Gasteiger partial charge in [-0.3, -0.25) is 4.79 Å². The number of aryl methyl sites for hydroxylation is 1. The molecular formula is C23H35NO3. The number of rotatable bonds is 12. The van der Waals surface area contributed by atoms with E-state index in [1.54, 1.807) is 4.90 Å². The first-order valence-corrected chi connectivity index (χ1v) is 10.7. The molecule has 2 rings (SSSR count). The number of likely N-dealkylation sites (tertiary alicyclic amines) is 1. The molecule has 0 N–H and O–H groups in total. The van der Waals surface area contributed by atoms with Gasteiger partial charge in [0.15, 0.2) is 0 Å². The first-order chi connectivity index (χ1) is 13.2. The van der Waals surface area contributed by atoms with Crippen LogP contribution in [-0.4, -0.2) is 36.0 Å². The second-order valence-electron chi connectivity index (χ2n) is 7.52. The van der Waals surface area contributed by atoms with Gasteiger partial charge in [-0.25, -0.2) is 4.79 Å². The third-order valence-electron chi connectivity index (χ3n) is 5.31. The monoisotopic (exact) mass is 373 g/mol. The van der Waals surface area contributed by atoms with Crippen molar-refractivity contribution in [1.82, 2.24) is 4.90 Å². The molecule has 0 saturated carbocycles. The van der Waals surface area contributed by atoms with E-state index < -0.39 is 0 Å². The van der Waals surface area contributed by atoms with E-state index in [1.165, 1.54) is 32.1 Å². The number of hydrogen-bond donors (Lipinski definition) is 0. The van der Waals surface area contributed by atoms with Crippen LogP contribution in [0.5, 0.6) is 0 Å². The fourth-order valence-electron chi connectivity index (χ4n) is 3.68. The van der Waals surface area contributed by atoms with Crippen molar-refractivity contribution in [1.29, 1.82) is 0 Å². The zero-order chi connectivity index (χ0) is 19.3. The fraction of sp³-hybridized carbons (Fsp3) is 0.652. The molecule has 150 valence electrons. The molecule has 1 fully saturated rings. The lowest BCUT2D eigenvalue weighted by molar-refractivity contribution is -0.153. The van der Waals surface area contributed by atoms with Crippen molar-refractivity contribution in [3.8, 4) is 0 Å². The molecule has 0 spiro atoms. The van der Waals surface area contributed by atoms with Crippen LogP contribution >= 0.6 is 0 Å². The third-order valence-corrected chi connectivity index (χ3v) is 5.31. The van der Waals surface area contributed by atoms with Crippen molar-refractivity contribution in [3.63, 3.8) is 0 Å². The highest BCUT2D eigenvalue weighted by molar-refractivity contribution is 5.85. The lowest BCUT2D eigenvalue weighted by Gasteiger charge is -2.23. The van der Waals surface area contributed by atoms with Crippen molar-refractivity contribution in [2.45, 2.75) is 83.6 Å². The molecule has 1 heterocycles. The molecule has 1 aliphatic rings. The molecule has 0 aliphatic carbocycles. The minimum absolute atomic E-state index is 0.0641. The molecule has 1 amide bonds. The number of amides is 1. The number of unbranched alkanes of at least 4 members (excludes halogenated alkanes) is 6. The molecule has 1 aliphatic heterocycles. The Kier molecular flexibility index (Phi) is 9.96. The van der Waals surface area contributed by atoms with E-state index in [0.29, 0.717) is 19.6 Å². The Balaban J connectivity index is 1.65. The highest BCUT2D eigenvalue weighted by Gasteiger charge is 2.34. The van der Waals surface area contributed by atoms with E-state index >= 15 is 0 Å². The molecule has 1 unspecified atom stereocenters. The minimum Gasteiger partial charge on any atom is -0.464 e. The standard InChI is InChI=1S/C23H35NO3/c1-2-3-4-5-6-7-11-19-27-23(26)21-15-12-18-24(21)22(25)17-16-20-13-9-8-10-14-20/h8-10,13-14,21H,2-7,11-12,15-19H2,1H3. The highest BCUT2D eigenvalue weighted by Crippen LogP contribution is 2.20. The van der Waals surface area contributed by atoms with Crippen LogP contribution < -0.4 is 0 Å². The summed E-state index contributed by atoms with van der Waals surface area (Å²) in [5.41, 5.74) is 1.16. The summed E-state index contributed by atoms with van der Waals surface area (Å²) >= 11 is 0. The number of nitrogens with zero attached hydrogens (tertiary/aromatic N) is 1. The van der Waals surface area contributed by atoms with Crippen molar-refractivity contribution in [2.75, 3.05) is 13.2 Å². The van der Waals surface area contributed by atoms with Crippen LogP contribution in [0.3, 0.4) is 0 Å². The van der Waals surface area contributed by atoms with Crippen molar-refractivity contribution >= 4 is 11.9 Å². The Morgan fingerprint density at radius 2 is 1.74 bits per heavy atom. The van der Waals surface area contributed by atoms with Crippen LogP contribution in [0.1, 0.15) is 76.7 Å². The molecule has 1 atom stereocenters. The predicted molar refractivity (Wildman–Crippen MR) is 108 cm³/mol. The van der Waals surface area contributed by atoms with Crippen molar-refractivity contribution in [3.05, 3.63) is 35.9 Å². The van der Waals surface area contributed by atoms with E-state index in [1.807, 2.05) is 30.3 Å². The number of ether oxygens (including phenoxy) is 1. The predicted octanol–water partition coefficient (Wildman–Crippen LogP) is 4.90. The maximum atomic E-state index is 12.6. The average molecular weight is 374 g/mol. The first-order valence-electron chi connectivity index (χ1n) is 10.7.